The normalized spacial score (nSPS) is 14.3. The molecule has 214 valence electrons. The Morgan fingerprint density at radius 3 is 2.61 bits per heavy atom. The standard InChI is InChI=1S/C31H33FN4O5/c1-19-14-22(32)5-6-24(19)30-25-17-29(40-12-9-20-4-7-27(38-2)26(33)15-20)28(39-3)16-21(25)8-11-36(30)31(37)34-18-23-10-13-41-35-23/h4-7,10,13-17,30H,8-9,11-12,18,33H2,1-3H3,(H,34,37). The number of aromatic nitrogens is 1. The van der Waals surface area contributed by atoms with Crippen LogP contribution >= 0.6 is 0 Å². The highest BCUT2D eigenvalue weighted by atomic mass is 19.1. The molecule has 2 amide bonds. The largest absolute Gasteiger partial charge is 0.495 e. The van der Waals surface area contributed by atoms with E-state index in [1.54, 1.807) is 31.3 Å². The van der Waals surface area contributed by atoms with Crippen LogP contribution in [0.15, 0.2) is 65.4 Å². The van der Waals surface area contributed by atoms with Crippen LogP contribution in [0.3, 0.4) is 0 Å². The second-order valence-corrected chi connectivity index (χ2v) is 9.87. The van der Waals surface area contributed by atoms with Crippen LogP contribution in [-0.4, -0.2) is 43.5 Å². The van der Waals surface area contributed by atoms with Crippen LogP contribution in [0.4, 0.5) is 14.9 Å². The number of nitrogens with zero attached hydrogens (tertiary/aromatic N) is 2. The molecule has 3 N–H and O–H groups in total. The van der Waals surface area contributed by atoms with Gasteiger partial charge in [0, 0.05) is 19.0 Å². The summed E-state index contributed by atoms with van der Waals surface area (Å²) in [6.45, 7) is 2.91. The van der Waals surface area contributed by atoms with Crippen LogP contribution in [0.25, 0.3) is 0 Å². The second kappa shape index (κ2) is 12.2. The quantitative estimate of drug-likeness (QED) is 0.271. The minimum Gasteiger partial charge on any atom is -0.495 e. The Morgan fingerprint density at radius 1 is 1.07 bits per heavy atom. The zero-order valence-corrected chi connectivity index (χ0v) is 23.3. The van der Waals surface area contributed by atoms with E-state index in [9.17, 15) is 9.18 Å². The number of hydrogen-bond acceptors (Lipinski definition) is 7. The van der Waals surface area contributed by atoms with Gasteiger partial charge in [-0.3, -0.25) is 0 Å². The van der Waals surface area contributed by atoms with E-state index in [2.05, 4.69) is 10.5 Å². The van der Waals surface area contributed by atoms with Crippen molar-refractivity contribution >= 4 is 11.7 Å². The first-order valence-corrected chi connectivity index (χ1v) is 13.3. The molecule has 0 spiro atoms. The first kappa shape index (κ1) is 27.8. The first-order chi connectivity index (χ1) is 19.9. The molecule has 41 heavy (non-hydrogen) atoms. The number of halogens is 1. The molecule has 1 atom stereocenters. The predicted molar refractivity (Wildman–Crippen MR) is 152 cm³/mol. The number of nitrogens with one attached hydrogen (secondary N) is 1. The van der Waals surface area contributed by atoms with Gasteiger partial charge in [0.1, 0.15) is 23.5 Å². The van der Waals surface area contributed by atoms with Crippen molar-refractivity contribution in [1.82, 2.24) is 15.4 Å². The van der Waals surface area contributed by atoms with Gasteiger partial charge >= 0.3 is 6.03 Å². The summed E-state index contributed by atoms with van der Waals surface area (Å²) in [6.07, 6.45) is 2.69. The number of anilines is 1. The molecule has 4 aromatic rings. The summed E-state index contributed by atoms with van der Waals surface area (Å²) in [5, 5.41) is 6.81. The third kappa shape index (κ3) is 6.06. The molecule has 3 aromatic carbocycles. The lowest BCUT2D eigenvalue weighted by Crippen LogP contribution is -2.46. The molecule has 1 aliphatic heterocycles. The number of rotatable bonds is 9. The van der Waals surface area contributed by atoms with Crippen molar-refractivity contribution in [1.29, 1.82) is 0 Å². The summed E-state index contributed by atoms with van der Waals surface area (Å²) in [6, 6.07) is 15.2. The summed E-state index contributed by atoms with van der Waals surface area (Å²) >= 11 is 0. The van der Waals surface area contributed by atoms with Gasteiger partial charge in [-0.25, -0.2) is 9.18 Å². The summed E-state index contributed by atoms with van der Waals surface area (Å²) < 4.78 is 36.1. The Bertz CT molecular complexity index is 1530. The summed E-state index contributed by atoms with van der Waals surface area (Å²) in [5.74, 6) is 1.46. The number of nitrogen functional groups attached to an aromatic ring is 1. The Morgan fingerprint density at radius 2 is 1.90 bits per heavy atom. The summed E-state index contributed by atoms with van der Waals surface area (Å²) in [5.41, 5.74) is 11.8. The number of carbonyl (C=O) groups is 1. The molecule has 0 bridgehead atoms. The molecule has 1 unspecified atom stereocenters. The van der Waals surface area contributed by atoms with E-state index in [4.69, 9.17) is 24.5 Å². The minimum absolute atomic E-state index is 0.223. The molecular formula is C31H33FN4O5. The summed E-state index contributed by atoms with van der Waals surface area (Å²) in [4.78, 5) is 15.2. The SMILES string of the molecule is COc1ccc(CCOc2cc3c(cc2OC)CCN(C(=O)NCc2ccon2)C3c2ccc(F)cc2C)cc1N. The van der Waals surface area contributed by atoms with E-state index in [-0.39, 0.29) is 18.4 Å². The predicted octanol–water partition coefficient (Wildman–Crippen LogP) is 5.20. The topological polar surface area (TPSA) is 112 Å². The van der Waals surface area contributed by atoms with Crippen molar-refractivity contribution in [2.75, 3.05) is 33.1 Å². The van der Waals surface area contributed by atoms with E-state index in [1.807, 2.05) is 37.3 Å². The minimum atomic E-state index is -0.466. The van der Waals surface area contributed by atoms with Crippen LogP contribution in [0, 0.1) is 12.7 Å². The smallest absolute Gasteiger partial charge is 0.318 e. The Kier molecular flexibility index (Phi) is 8.28. The van der Waals surface area contributed by atoms with Gasteiger partial charge in [-0.2, -0.15) is 0 Å². The number of amides is 2. The first-order valence-electron chi connectivity index (χ1n) is 13.3. The maximum atomic E-state index is 14.1. The third-order valence-electron chi connectivity index (χ3n) is 7.30. The van der Waals surface area contributed by atoms with Gasteiger partial charge in [-0.1, -0.05) is 17.3 Å². The van der Waals surface area contributed by atoms with Crippen LogP contribution in [0.2, 0.25) is 0 Å². The number of benzene rings is 3. The molecular weight excluding hydrogens is 527 g/mol. The van der Waals surface area contributed by atoms with Crippen molar-refractivity contribution in [3.8, 4) is 17.2 Å². The monoisotopic (exact) mass is 560 g/mol. The number of urea groups is 1. The lowest BCUT2D eigenvalue weighted by atomic mass is 9.86. The molecule has 2 heterocycles. The molecule has 0 saturated heterocycles. The molecule has 1 aliphatic rings. The number of aryl methyl sites for hydroxylation is 1. The maximum absolute atomic E-state index is 14.1. The molecule has 0 aliphatic carbocycles. The van der Waals surface area contributed by atoms with E-state index in [0.717, 1.165) is 27.8 Å². The Labute approximate surface area is 238 Å². The van der Waals surface area contributed by atoms with E-state index in [1.165, 1.54) is 18.4 Å². The number of methoxy groups -OCH3 is 2. The van der Waals surface area contributed by atoms with Gasteiger partial charge in [-0.05, 0) is 77.6 Å². The molecule has 0 saturated carbocycles. The van der Waals surface area contributed by atoms with Gasteiger partial charge in [-0.15, -0.1) is 0 Å². The zero-order chi connectivity index (χ0) is 28.9. The average molecular weight is 561 g/mol. The van der Waals surface area contributed by atoms with Crippen molar-refractivity contribution in [2.45, 2.75) is 32.4 Å². The molecule has 9 nitrogen and oxygen atoms in total. The van der Waals surface area contributed by atoms with Crippen molar-refractivity contribution < 1.29 is 27.9 Å². The fourth-order valence-electron chi connectivity index (χ4n) is 5.21. The zero-order valence-electron chi connectivity index (χ0n) is 23.3. The van der Waals surface area contributed by atoms with E-state index < -0.39 is 6.04 Å². The van der Waals surface area contributed by atoms with Crippen molar-refractivity contribution in [3.05, 3.63) is 100 Å². The average Bonchev–Trinajstić information content (AvgIpc) is 3.49. The van der Waals surface area contributed by atoms with Crippen molar-refractivity contribution in [2.24, 2.45) is 0 Å². The Balaban J connectivity index is 1.44. The van der Waals surface area contributed by atoms with Crippen LogP contribution in [-0.2, 0) is 19.4 Å². The fraction of sp³-hybridized carbons (Fsp3) is 0.290. The Hall–Kier alpha value is -4.73. The number of ether oxygens (including phenoxy) is 3. The van der Waals surface area contributed by atoms with Crippen LogP contribution in [0.1, 0.15) is 39.6 Å². The van der Waals surface area contributed by atoms with Gasteiger partial charge in [0.15, 0.2) is 11.5 Å². The summed E-state index contributed by atoms with van der Waals surface area (Å²) in [7, 11) is 3.19. The number of fused-ring (bicyclic) bond motifs is 1. The molecule has 1 aromatic heterocycles. The highest BCUT2D eigenvalue weighted by Crippen LogP contribution is 2.42. The van der Waals surface area contributed by atoms with E-state index >= 15 is 0 Å². The van der Waals surface area contributed by atoms with E-state index in [0.29, 0.717) is 54.6 Å². The lowest BCUT2D eigenvalue weighted by Gasteiger charge is -2.38. The van der Waals surface area contributed by atoms with Gasteiger partial charge in [0.05, 0.1) is 39.1 Å². The van der Waals surface area contributed by atoms with Crippen molar-refractivity contribution in [3.63, 3.8) is 0 Å². The lowest BCUT2D eigenvalue weighted by molar-refractivity contribution is 0.179. The highest BCUT2D eigenvalue weighted by Gasteiger charge is 2.34. The second-order valence-electron chi connectivity index (χ2n) is 9.87. The maximum Gasteiger partial charge on any atom is 0.318 e. The van der Waals surface area contributed by atoms with Crippen LogP contribution < -0.4 is 25.3 Å². The van der Waals surface area contributed by atoms with Gasteiger partial charge in [0.25, 0.3) is 0 Å². The third-order valence-corrected chi connectivity index (χ3v) is 7.30. The van der Waals surface area contributed by atoms with Crippen LogP contribution in [0.5, 0.6) is 17.2 Å². The fourth-order valence-corrected chi connectivity index (χ4v) is 5.21. The number of carbonyl (C=O) groups excluding carboxylic acids is 1. The highest BCUT2D eigenvalue weighted by molar-refractivity contribution is 5.76. The number of hydrogen-bond donors (Lipinski definition) is 2. The number of nitrogens with two attached hydrogens (primary N) is 1. The molecule has 0 radical (unpaired) electrons. The molecule has 5 rings (SSSR count). The molecule has 10 heteroatoms. The van der Waals surface area contributed by atoms with Gasteiger partial charge < -0.3 is 34.7 Å². The molecule has 0 fully saturated rings. The van der Waals surface area contributed by atoms with Gasteiger partial charge in [0.2, 0.25) is 0 Å².